The zero-order valence-electron chi connectivity index (χ0n) is 13.6. The van der Waals surface area contributed by atoms with Crippen LogP contribution in [0.5, 0.6) is 0 Å². The second-order valence-electron chi connectivity index (χ2n) is 6.93. The molecule has 1 aliphatic rings. The van der Waals surface area contributed by atoms with E-state index in [-0.39, 0.29) is 12.2 Å². The van der Waals surface area contributed by atoms with Gasteiger partial charge in [-0.1, -0.05) is 0 Å². The smallest absolute Gasteiger partial charge is 0.309 e. The first-order valence-electron chi connectivity index (χ1n) is 7.58. The number of aromatic nitrogens is 1. The highest BCUT2D eigenvalue weighted by atomic mass is 79.9. The van der Waals surface area contributed by atoms with Crippen LogP contribution in [0.4, 0.5) is 10.2 Å². The quantitative estimate of drug-likeness (QED) is 0.806. The second kappa shape index (κ2) is 6.73. The third kappa shape index (κ3) is 5.14. The molecule has 2 heterocycles. The number of hydrogen-bond donors (Lipinski definition) is 1. The molecule has 5 nitrogen and oxygen atoms in total. The number of esters is 1. The maximum absolute atomic E-state index is 14.0. The number of rotatable bonds is 3. The minimum Gasteiger partial charge on any atom is -0.460 e. The van der Waals surface area contributed by atoms with Gasteiger partial charge in [0.1, 0.15) is 5.60 Å². The van der Waals surface area contributed by atoms with Crippen LogP contribution in [0.2, 0.25) is 0 Å². The van der Waals surface area contributed by atoms with Crippen LogP contribution < -0.4 is 4.90 Å². The number of carbonyl (C=O) groups excluding carboxylic acids is 1. The molecule has 0 aromatic carbocycles. The molecule has 0 bridgehead atoms. The van der Waals surface area contributed by atoms with Crippen LogP contribution >= 0.6 is 15.9 Å². The van der Waals surface area contributed by atoms with Crippen LogP contribution in [0.3, 0.4) is 0 Å². The van der Waals surface area contributed by atoms with Crippen molar-refractivity contribution in [2.24, 2.45) is 0 Å². The Kier molecular flexibility index (Phi) is 5.30. The number of pyridine rings is 1. The molecule has 1 fully saturated rings. The molecule has 23 heavy (non-hydrogen) atoms. The van der Waals surface area contributed by atoms with E-state index in [1.807, 2.05) is 0 Å². The lowest BCUT2D eigenvalue weighted by molar-refractivity contribution is -0.161. The van der Waals surface area contributed by atoms with Gasteiger partial charge >= 0.3 is 5.97 Å². The van der Waals surface area contributed by atoms with Crippen LogP contribution in [0.1, 0.15) is 40.0 Å². The Balaban J connectivity index is 1.95. The summed E-state index contributed by atoms with van der Waals surface area (Å²) < 4.78 is 19.8. The molecule has 2 rings (SSSR count). The molecule has 0 aliphatic carbocycles. The molecule has 0 spiro atoms. The Labute approximate surface area is 144 Å². The Morgan fingerprint density at radius 3 is 2.61 bits per heavy atom. The van der Waals surface area contributed by atoms with Crippen molar-refractivity contribution in [2.45, 2.75) is 51.2 Å². The minimum absolute atomic E-state index is 0.0473. The Bertz CT molecular complexity index is 581. The summed E-state index contributed by atoms with van der Waals surface area (Å²) in [6.07, 6.45) is 2.22. The number of hydrogen-bond acceptors (Lipinski definition) is 5. The fourth-order valence-electron chi connectivity index (χ4n) is 2.60. The predicted molar refractivity (Wildman–Crippen MR) is 88.8 cm³/mol. The highest BCUT2D eigenvalue weighted by Crippen LogP contribution is 2.30. The lowest BCUT2D eigenvalue weighted by Crippen LogP contribution is -2.46. The second-order valence-corrected chi connectivity index (χ2v) is 7.85. The van der Waals surface area contributed by atoms with Gasteiger partial charge in [-0.3, -0.25) is 4.79 Å². The van der Waals surface area contributed by atoms with Gasteiger partial charge in [0.15, 0.2) is 11.6 Å². The SMILES string of the molecule is CC(C)(C)OC(=O)CC1(O)CCN(c2ncc(Br)cc2F)CC1. The Morgan fingerprint density at radius 1 is 1.48 bits per heavy atom. The van der Waals surface area contributed by atoms with Crippen molar-refractivity contribution in [2.75, 3.05) is 18.0 Å². The highest BCUT2D eigenvalue weighted by molar-refractivity contribution is 9.10. The number of anilines is 1. The summed E-state index contributed by atoms with van der Waals surface area (Å²) in [5.74, 6) is -0.550. The summed E-state index contributed by atoms with van der Waals surface area (Å²) in [6.45, 7) is 6.24. The van der Waals surface area contributed by atoms with Crippen molar-refractivity contribution in [3.05, 3.63) is 22.6 Å². The highest BCUT2D eigenvalue weighted by Gasteiger charge is 2.36. The lowest BCUT2D eigenvalue weighted by atomic mass is 9.88. The third-order valence-corrected chi connectivity index (χ3v) is 4.11. The van der Waals surface area contributed by atoms with E-state index in [0.29, 0.717) is 30.4 Å². The van der Waals surface area contributed by atoms with Gasteiger partial charge in [0.2, 0.25) is 0 Å². The number of carbonyl (C=O) groups is 1. The van der Waals surface area contributed by atoms with E-state index in [2.05, 4.69) is 20.9 Å². The van der Waals surface area contributed by atoms with Gasteiger partial charge in [0.05, 0.1) is 12.0 Å². The molecule has 1 aromatic heterocycles. The fraction of sp³-hybridized carbons (Fsp3) is 0.625. The summed E-state index contributed by atoms with van der Waals surface area (Å²) in [7, 11) is 0. The van der Waals surface area contributed by atoms with Gasteiger partial charge in [-0.15, -0.1) is 0 Å². The number of aliphatic hydroxyl groups is 1. The van der Waals surface area contributed by atoms with E-state index in [4.69, 9.17) is 4.74 Å². The van der Waals surface area contributed by atoms with E-state index >= 15 is 0 Å². The first-order chi connectivity index (χ1) is 10.6. The Hall–Kier alpha value is -1.21. The first kappa shape index (κ1) is 18.1. The maximum Gasteiger partial charge on any atom is 0.309 e. The van der Waals surface area contributed by atoms with E-state index < -0.39 is 23.0 Å². The summed E-state index contributed by atoms with van der Waals surface area (Å²) in [4.78, 5) is 17.8. The molecule has 128 valence electrons. The number of nitrogens with zero attached hydrogens (tertiary/aromatic N) is 2. The molecular formula is C16H22BrFN2O3. The number of piperidine rings is 1. The van der Waals surface area contributed by atoms with Gasteiger partial charge in [-0.25, -0.2) is 9.37 Å². The van der Waals surface area contributed by atoms with E-state index in [9.17, 15) is 14.3 Å². The van der Waals surface area contributed by atoms with Crippen molar-refractivity contribution in [3.8, 4) is 0 Å². The normalized spacial score (nSPS) is 17.9. The largest absolute Gasteiger partial charge is 0.460 e. The topological polar surface area (TPSA) is 62.7 Å². The van der Waals surface area contributed by atoms with Crippen LogP contribution in [-0.4, -0.2) is 40.4 Å². The summed E-state index contributed by atoms with van der Waals surface area (Å²) in [5.41, 5.74) is -1.68. The van der Waals surface area contributed by atoms with Crippen LogP contribution in [0, 0.1) is 5.82 Å². The molecule has 0 atom stereocenters. The average Bonchev–Trinajstić information content (AvgIpc) is 2.37. The van der Waals surface area contributed by atoms with Gasteiger partial charge in [0, 0.05) is 23.8 Å². The van der Waals surface area contributed by atoms with Crippen molar-refractivity contribution < 1.29 is 19.0 Å². The molecule has 1 saturated heterocycles. The predicted octanol–water partition coefficient (Wildman–Crippen LogP) is 3.05. The average molecular weight is 389 g/mol. The molecule has 0 radical (unpaired) electrons. The third-order valence-electron chi connectivity index (χ3n) is 3.68. The van der Waals surface area contributed by atoms with Gasteiger partial charge in [-0.2, -0.15) is 0 Å². The monoisotopic (exact) mass is 388 g/mol. The van der Waals surface area contributed by atoms with Gasteiger partial charge in [0.25, 0.3) is 0 Å². The lowest BCUT2D eigenvalue weighted by Gasteiger charge is -2.38. The van der Waals surface area contributed by atoms with E-state index in [1.54, 1.807) is 31.9 Å². The van der Waals surface area contributed by atoms with Crippen LogP contribution in [0.25, 0.3) is 0 Å². The van der Waals surface area contributed by atoms with E-state index in [0.717, 1.165) is 0 Å². The molecule has 1 aliphatic heterocycles. The molecule has 7 heteroatoms. The molecule has 1 N–H and O–H groups in total. The summed E-state index contributed by atoms with van der Waals surface area (Å²) in [6, 6.07) is 1.36. The van der Waals surface area contributed by atoms with Crippen molar-refractivity contribution in [3.63, 3.8) is 0 Å². The summed E-state index contributed by atoms with van der Waals surface area (Å²) >= 11 is 3.18. The Morgan fingerprint density at radius 2 is 2.09 bits per heavy atom. The van der Waals surface area contributed by atoms with Crippen LogP contribution in [0.15, 0.2) is 16.7 Å². The fourth-order valence-corrected chi connectivity index (χ4v) is 2.90. The maximum atomic E-state index is 14.0. The molecule has 0 saturated carbocycles. The van der Waals surface area contributed by atoms with Crippen molar-refractivity contribution in [1.82, 2.24) is 4.98 Å². The molecule has 0 amide bonds. The number of ether oxygens (including phenoxy) is 1. The molecular weight excluding hydrogens is 367 g/mol. The summed E-state index contributed by atoms with van der Waals surface area (Å²) in [5, 5.41) is 10.6. The number of halogens is 2. The minimum atomic E-state index is -1.11. The molecule has 1 aromatic rings. The zero-order chi connectivity index (χ0) is 17.3. The standard InChI is InChI=1S/C16H22BrFN2O3/c1-15(2,3)23-13(21)9-16(22)4-6-20(7-5-16)14-12(18)8-11(17)10-19-14/h8,10,22H,4-7,9H2,1-3H3. The zero-order valence-corrected chi connectivity index (χ0v) is 15.2. The van der Waals surface area contributed by atoms with Gasteiger partial charge < -0.3 is 14.7 Å². The molecule has 0 unspecified atom stereocenters. The van der Waals surface area contributed by atoms with Crippen LogP contribution in [-0.2, 0) is 9.53 Å². The van der Waals surface area contributed by atoms with Gasteiger partial charge in [-0.05, 0) is 55.6 Å². The first-order valence-corrected chi connectivity index (χ1v) is 8.38. The van der Waals surface area contributed by atoms with Crippen molar-refractivity contribution >= 4 is 27.7 Å². The van der Waals surface area contributed by atoms with Crippen molar-refractivity contribution in [1.29, 1.82) is 0 Å². The van der Waals surface area contributed by atoms with E-state index in [1.165, 1.54) is 6.07 Å².